The van der Waals surface area contributed by atoms with Crippen LogP contribution in [0.2, 0.25) is 0 Å². The number of carboxylic acid groups (broad SMARTS) is 1. The van der Waals surface area contributed by atoms with E-state index in [9.17, 15) is 24.3 Å². The van der Waals surface area contributed by atoms with Crippen molar-refractivity contribution in [3.05, 3.63) is 36.4 Å². The Morgan fingerprint density at radius 3 is 1.70 bits per heavy atom. The predicted molar refractivity (Wildman–Crippen MR) is 135 cm³/mol. The Morgan fingerprint density at radius 1 is 0.784 bits per heavy atom. The van der Waals surface area contributed by atoms with Crippen molar-refractivity contribution in [2.75, 3.05) is 0 Å². The van der Waals surface area contributed by atoms with E-state index in [2.05, 4.69) is 35.9 Å². The number of nitrogens with one attached hydrogen (secondary N) is 5. The Labute approximate surface area is 215 Å². The van der Waals surface area contributed by atoms with E-state index >= 15 is 0 Å². The minimum Gasteiger partial charge on any atom is -0.480 e. The number of carboxylic acids is 1. The first-order chi connectivity index (χ1) is 17.5. The molecule has 0 aliphatic rings. The van der Waals surface area contributed by atoms with Crippen LogP contribution >= 0.6 is 0 Å². The van der Waals surface area contributed by atoms with Crippen molar-refractivity contribution in [3.63, 3.8) is 0 Å². The third-order valence-electron chi connectivity index (χ3n) is 5.61. The summed E-state index contributed by atoms with van der Waals surface area (Å²) in [4.78, 5) is 64.4. The van der Waals surface area contributed by atoms with Gasteiger partial charge in [-0.05, 0) is 24.7 Å². The first-order valence-electron chi connectivity index (χ1n) is 12.3. The second-order valence-corrected chi connectivity index (χ2v) is 9.95. The molecular weight excluding hydrogens is 480 g/mol. The number of rotatable bonds is 15. The smallest absolute Gasteiger partial charge is 0.326 e. The Balaban J connectivity index is 2.18. The maximum atomic E-state index is 13.3. The number of aromatic amines is 2. The minimum atomic E-state index is -1.26. The number of aliphatic carboxylic acids is 1. The highest BCUT2D eigenvalue weighted by Crippen LogP contribution is 2.09. The summed E-state index contributed by atoms with van der Waals surface area (Å²) in [5.41, 5.74) is 7.08. The fraction of sp³-hybridized carbons (Fsp3) is 0.583. The second-order valence-electron chi connectivity index (χ2n) is 9.95. The van der Waals surface area contributed by atoms with Crippen molar-refractivity contribution >= 4 is 23.7 Å². The van der Waals surface area contributed by atoms with Gasteiger partial charge in [0.25, 0.3) is 0 Å². The van der Waals surface area contributed by atoms with Gasteiger partial charge in [0.05, 0.1) is 18.7 Å². The van der Waals surface area contributed by atoms with Crippen LogP contribution in [-0.2, 0) is 32.0 Å². The van der Waals surface area contributed by atoms with Gasteiger partial charge in [0, 0.05) is 36.6 Å². The lowest BCUT2D eigenvalue weighted by atomic mass is 10.00. The van der Waals surface area contributed by atoms with Gasteiger partial charge < -0.3 is 36.8 Å². The van der Waals surface area contributed by atoms with Crippen LogP contribution in [0.5, 0.6) is 0 Å². The van der Waals surface area contributed by atoms with Crippen LogP contribution in [0.25, 0.3) is 0 Å². The Morgan fingerprint density at radius 2 is 1.24 bits per heavy atom. The zero-order valence-corrected chi connectivity index (χ0v) is 21.7. The number of amides is 3. The summed E-state index contributed by atoms with van der Waals surface area (Å²) in [6.07, 6.45) is 6.60. The zero-order valence-electron chi connectivity index (χ0n) is 21.7. The van der Waals surface area contributed by atoms with Crippen LogP contribution < -0.4 is 21.7 Å². The molecule has 2 aromatic heterocycles. The number of carbonyl (C=O) groups excluding carboxylic acids is 3. The van der Waals surface area contributed by atoms with Gasteiger partial charge in [-0.1, -0.05) is 27.7 Å². The van der Waals surface area contributed by atoms with Crippen LogP contribution in [0, 0.1) is 11.8 Å². The van der Waals surface area contributed by atoms with E-state index in [1.807, 2.05) is 27.7 Å². The van der Waals surface area contributed by atoms with E-state index in [1.54, 1.807) is 0 Å². The maximum absolute atomic E-state index is 13.3. The van der Waals surface area contributed by atoms with Crippen LogP contribution in [0.15, 0.2) is 25.0 Å². The van der Waals surface area contributed by atoms with Gasteiger partial charge in [-0.3, -0.25) is 14.4 Å². The molecule has 0 spiro atoms. The van der Waals surface area contributed by atoms with Gasteiger partial charge >= 0.3 is 5.97 Å². The third kappa shape index (κ3) is 10.0. The van der Waals surface area contributed by atoms with Crippen LogP contribution in [0.4, 0.5) is 0 Å². The number of nitrogens with zero attached hydrogens (tertiary/aromatic N) is 2. The lowest BCUT2D eigenvalue weighted by Gasteiger charge is -2.26. The van der Waals surface area contributed by atoms with Crippen molar-refractivity contribution < 1.29 is 24.3 Å². The number of H-pyrrole nitrogens is 2. The summed E-state index contributed by atoms with van der Waals surface area (Å²) in [6, 6.07) is -4.09. The van der Waals surface area contributed by atoms with Crippen molar-refractivity contribution in [3.8, 4) is 0 Å². The summed E-state index contributed by atoms with van der Waals surface area (Å²) >= 11 is 0. The fourth-order valence-corrected chi connectivity index (χ4v) is 3.78. The van der Waals surface area contributed by atoms with E-state index < -0.39 is 47.9 Å². The average molecular weight is 519 g/mol. The molecule has 2 aromatic rings. The van der Waals surface area contributed by atoms with E-state index in [-0.39, 0.29) is 24.7 Å². The summed E-state index contributed by atoms with van der Waals surface area (Å²) < 4.78 is 0. The molecule has 0 bridgehead atoms. The SMILES string of the molecule is CC(C)CC(N)C(=O)NC(CC(C)C)C(=O)NC(Cc1cnc[nH]1)C(=O)NC(Cc1cnc[nH]1)C(=O)O. The molecule has 2 heterocycles. The van der Waals surface area contributed by atoms with Crippen LogP contribution in [0.1, 0.15) is 51.9 Å². The topological polar surface area (TPSA) is 208 Å². The lowest BCUT2D eigenvalue weighted by Crippen LogP contribution is -2.58. The monoisotopic (exact) mass is 518 g/mol. The van der Waals surface area contributed by atoms with Gasteiger partial charge in [0.15, 0.2) is 0 Å². The summed E-state index contributed by atoms with van der Waals surface area (Å²) in [5, 5.41) is 17.5. The highest BCUT2D eigenvalue weighted by molar-refractivity contribution is 5.94. The molecule has 0 saturated carbocycles. The lowest BCUT2D eigenvalue weighted by molar-refractivity contribution is -0.142. The predicted octanol–water partition coefficient (Wildman–Crippen LogP) is -0.123. The zero-order chi connectivity index (χ0) is 27.5. The molecule has 0 saturated heterocycles. The number of hydrogen-bond acceptors (Lipinski definition) is 7. The molecule has 0 fully saturated rings. The molecule has 0 aliphatic heterocycles. The fourth-order valence-electron chi connectivity index (χ4n) is 3.78. The number of imidazole rings is 2. The molecule has 8 N–H and O–H groups in total. The number of nitrogens with two attached hydrogens (primary N) is 1. The second kappa shape index (κ2) is 14.1. The highest BCUT2D eigenvalue weighted by atomic mass is 16.4. The molecule has 0 aliphatic carbocycles. The Bertz CT molecular complexity index is 1010. The first kappa shape index (κ1) is 29.5. The van der Waals surface area contributed by atoms with Gasteiger partial charge in [0.1, 0.15) is 18.1 Å². The number of aromatic nitrogens is 4. The van der Waals surface area contributed by atoms with E-state index in [0.717, 1.165) is 0 Å². The summed E-state index contributed by atoms with van der Waals surface area (Å²) in [5.74, 6) is -2.69. The molecular formula is C24H38N8O5. The first-order valence-corrected chi connectivity index (χ1v) is 12.3. The molecule has 13 nitrogen and oxygen atoms in total. The van der Waals surface area contributed by atoms with Gasteiger partial charge in [-0.15, -0.1) is 0 Å². The van der Waals surface area contributed by atoms with Crippen molar-refractivity contribution in [1.82, 2.24) is 35.9 Å². The number of carbonyl (C=O) groups is 4. The molecule has 2 rings (SSSR count). The van der Waals surface area contributed by atoms with Gasteiger partial charge in [-0.25, -0.2) is 14.8 Å². The van der Waals surface area contributed by atoms with Crippen LogP contribution in [-0.4, -0.2) is 72.9 Å². The maximum Gasteiger partial charge on any atom is 0.326 e. The molecule has 0 aromatic carbocycles. The van der Waals surface area contributed by atoms with Crippen LogP contribution in [0.3, 0.4) is 0 Å². The molecule has 0 radical (unpaired) electrons. The minimum absolute atomic E-state index is 0.0223. The molecule has 4 atom stereocenters. The molecule has 204 valence electrons. The van der Waals surface area contributed by atoms with E-state index in [1.165, 1.54) is 25.0 Å². The van der Waals surface area contributed by atoms with Gasteiger partial charge in [-0.2, -0.15) is 0 Å². The Kier molecular flexibility index (Phi) is 11.2. The van der Waals surface area contributed by atoms with Crippen molar-refractivity contribution in [1.29, 1.82) is 0 Å². The molecule has 37 heavy (non-hydrogen) atoms. The normalized spacial score (nSPS) is 14.6. The number of hydrogen-bond donors (Lipinski definition) is 7. The molecule has 13 heteroatoms. The Hall–Kier alpha value is -3.74. The third-order valence-corrected chi connectivity index (χ3v) is 5.61. The van der Waals surface area contributed by atoms with Gasteiger partial charge in [0.2, 0.25) is 17.7 Å². The largest absolute Gasteiger partial charge is 0.480 e. The summed E-state index contributed by atoms with van der Waals surface area (Å²) in [6.45, 7) is 7.70. The highest BCUT2D eigenvalue weighted by Gasteiger charge is 2.31. The van der Waals surface area contributed by atoms with Crippen molar-refractivity contribution in [2.24, 2.45) is 17.6 Å². The molecule has 3 amide bonds. The van der Waals surface area contributed by atoms with E-state index in [0.29, 0.717) is 24.2 Å². The summed E-state index contributed by atoms with van der Waals surface area (Å²) in [7, 11) is 0. The van der Waals surface area contributed by atoms with E-state index in [4.69, 9.17) is 5.73 Å². The molecule has 4 unspecified atom stereocenters. The average Bonchev–Trinajstić information content (AvgIpc) is 3.51. The van der Waals surface area contributed by atoms with Crippen molar-refractivity contribution in [2.45, 2.75) is 77.5 Å². The standard InChI is InChI=1S/C24H38N8O5/c1-13(2)5-17(25)21(33)30-18(6-14(3)4)22(34)31-19(7-15-9-26-11-28-15)23(35)32-20(24(36)37)8-16-10-27-12-29-16/h9-14,17-20H,5-8,25H2,1-4H3,(H,26,28)(H,27,29)(H,30,33)(H,31,34)(H,32,35)(H,36,37). The quantitative estimate of drug-likeness (QED) is 0.169.